The van der Waals surface area contributed by atoms with E-state index >= 15 is 0 Å². The Morgan fingerprint density at radius 2 is 1.91 bits per heavy atom. The predicted molar refractivity (Wildman–Crippen MR) is 119 cm³/mol. The number of halogens is 1. The Morgan fingerprint density at radius 3 is 2.56 bits per heavy atom. The van der Waals surface area contributed by atoms with Crippen molar-refractivity contribution in [2.24, 2.45) is 0 Å². The van der Waals surface area contributed by atoms with E-state index in [2.05, 4.69) is 0 Å². The van der Waals surface area contributed by atoms with Crippen molar-refractivity contribution in [3.63, 3.8) is 0 Å². The van der Waals surface area contributed by atoms with Gasteiger partial charge in [-0.3, -0.25) is 4.90 Å². The molecule has 4 rings (SSSR count). The zero-order valence-electron chi connectivity index (χ0n) is 18.6. The van der Waals surface area contributed by atoms with Crippen LogP contribution >= 0.6 is 0 Å². The second-order valence-electron chi connectivity index (χ2n) is 8.45. The quantitative estimate of drug-likeness (QED) is 0.635. The van der Waals surface area contributed by atoms with E-state index in [0.29, 0.717) is 0 Å². The summed E-state index contributed by atoms with van der Waals surface area (Å²) in [6.07, 6.45) is -1.24. The van der Waals surface area contributed by atoms with Gasteiger partial charge in [0.05, 0.1) is 18.8 Å². The highest BCUT2D eigenvalue weighted by molar-refractivity contribution is 5.89. The third-order valence-corrected chi connectivity index (χ3v) is 5.96. The molecule has 2 aromatic carbocycles. The molecule has 2 heterocycles. The molecule has 2 aromatic rings. The fourth-order valence-electron chi connectivity index (χ4n) is 3.87. The molecular formula is C24H27FN2O7. The van der Waals surface area contributed by atoms with Crippen molar-refractivity contribution in [1.82, 2.24) is 4.90 Å². The first-order valence-electron chi connectivity index (χ1n) is 11.1. The summed E-state index contributed by atoms with van der Waals surface area (Å²) in [7, 11) is 0. The Morgan fingerprint density at radius 1 is 1.18 bits per heavy atom. The Labute approximate surface area is 196 Å². The number of cyclic esters (lactones) is 1. The minimum absolute atomic E-state index is 0.0619. The fraction of sp³-hybridized carbons (Fsp3) is 0.417. The number of carbonyl (C=O) groups excluding carboxylic acids is 2. The number of carbonyl (C=O) groups is 2. The number of likely N-dealkylation sites (tertiary alicyclic amines) is 1. The maximum Gasteiger partial charge on any atom is 0.414 e. The molecule has 0 bridgehead atoms. The van der Waals surface area contributed by atoms with Crippen molar-refractivity contribution in [1.29, 1.82) is 0 Å². The third kappa shape index (κ3) is 5.57. The molecule has 2 aliphatic rings. The first-order valence-corrected chi connectivity index (χ1v) is 11.1. The molecular weight excluding hydrogens is 447 g/mol. The SMILES string of the molecule is O=C(OCc1ccccc1)N1CCC(O)(COc2ccc(N3CC(CO)OC3=O)cc2F)CC1. The number of amides is 2. The topological polar surface area (TPSA) is 109 Å². The molecule has 0 aliphatic carbocycles. The van der Waals surface area contributed by atoms with E-state index < -0.39 is 29.7 Å². The van der Waals surface area contributed by atoms with Crippen LogP contribution in [0.3, 0.4) is 0 Å². The van der Waals surface area contributed by atoms with E-state index in [1.165, 1.54) is 21.9 Å². The van der Waals surface area contributed by atoms with E-state index in [-0.39, 0.29) is 63.7 Å². The van der Waals surface area contributed by atoms with Gasteiger partial charge in [-0.25, -0.2) is 14.0 Å². The summed E-state index contributed by atoms with van der Waals surface area (Å²) >= 11 is 0. The lowest BCUT2D eigenvalue weighted by Gasteiger charge is -2.37. The van der Waals surface area contributed by atoms with Crippen LogP contribution in [0.4, 0.5) is 19.7 Å². The number of rotatable bonds is 7. The van der Waals surface area contributed by atoms with Gasteiger partial charge in [0.2, 0.25) is 0 Å². The third-order valence-electron chi connectivity index (χ3n) is 5.96. The van der Waals surface area contributed by atoms with Crippen molar-refractivity contribution in [3.8, 4) is 5.75 Å². The van der Waals surface area contributed by atoms with Crippen LogP contribution in [0.25, 0.3) is 0 Å². The Bertz CT molecular complexity index is 1010. The molecule has 2 saturated heterocycles. The van der Waals surface area contributed by atoms with Crippen LogP contribution in [0.2, 0.25) is 0 Å². The normalized spacial score (nSPS) is 19.6. The van der Waals surface area contributed by atoms with Gasteiger partial charge in [-0.1, -0.05) is 30.3 Å². The average Bonchev–Trinajstić information content (AvgIpc) is 3.23. The summed E-state index contributed by atoms with van der Waals surface area (Å²) in [6, 6.07) is 13.4. The number of aliphatic hydroxyl groups is 2. The Hall–Kier alpha value is -3.37. The summed E-state index contributed by atoms with van der Waals surface area (Å²) in [5.41, 5.74) is -0.0403. The molecule has 0 saturated carbocycles. The number of nitrogens with zero attached hydrogens (tertiary/aromatic N) is 2. The molecule has 0 spiro atoms. The van der Waals surface area contributed by atoms with E-state index in [0.717, 1.165) is 11.6 Å². The molecule has 182 valence electrons. The first kappa shape index (κ1) is 23.8. The van der Waals surface area contributed by atoms with Gasteiger partial charge in [-0.05, 0) is 30.5 Å². The number of benzene rings is 2. The second kappa shape index (κ2) is 10.3. The molecule has 10 heteroatoms. The molecule has 9 nitrogen and oxygen atoms in total. The number of aliphatic hydroxyl groups excluding tert-OH is 1. The van der Waals surface area contributed by atoms with Gasteiger partial charge in [0, 0.05) is 19.2 Å². The van der Waals surface area contributed by atoms with Crippen LogP contribution in [-0.4, -0.2) is 71.9 Å². The van der Waals surface area contributed by atoms with E-state index in [1.54, 1.807) is 0 Å². The maximum absolute atomic E-state index is 14.6. The zero-order valence-corrected chi connectivity index (χ0v) is 18.6. The molecule has 0 aromatic heterocycles. The summed E-state index contributed by atoms with van der Waals surface area (Å²) < 4.78 is 30.4. The standard InChI is InChI=1S/C24H27FN2O7/c25-20-12-18(27-13-19(14-28)34-23(27)30)6-7-21(20)33-16-24(31)8-10-26(11-9-24)22(29)32-15-17-4-2-1-3-5-17/h1-7,12,19,28,31H,8-11,13-16H2. The van der Waals surface area contributed by atoms with Gasteiger partial charge in [-0.2, -0.15) is 0 Å². The summed E-state index contributed by atoms with van der Waals surface area (Å²) in [5.74, 6) is -0.753. The maximum atomic E-state index is 14.6. The van der Waals surface area contributed by atoms with Crippen molar-refractivity contribution < 1.29 is 38.4 Å². The van der Waals surface area contributed by atoms with Gasteiger partial charge in [0.15, 0.2) is 11.6 Å². The van der Waals surface area contributed by atoms with Crippen LogP contribution in [0.5, 0.6) is 5.75 Å². The van der Waals surface area contributed by atoms with Gasteiger partial charge < -0.3 is 29.3 Å². The number of ether oxygens (including phenoxy) is 3. The zero-order chi connectivity index (χ0) is 24.1. The lowest BCUT2D eigenvalue weighted by molar-refractivity contribution is -0.0513. The van der Waals surface area contributed by atoms with Crippen molar-refractivity contribution in [2.45, 2.75) is 31.2 Å². The molecule has 34 heavy (non-hydrogen) atoms. The van der Waals surface area contributed by atoms with Gasteiger partial charge in [-0.15, -0.1) is 0 Å². The molecule has 2 N–H and O–H groups in total. The van der Waals surface area contributed by atoms with Crippen molar-refractivity contribution in [2.75, 3.05) is 37.7 Å². The van der Waals surface area contributed by atoms with E-state index in [1.807, 2.05) is 30.3 Å². The molecule has 2 amide bonds. The van der Waals surface area contributed by atoms with Crippen molar-refractivity contribution >= 4 is 17.9 Å². The largest absolute Gasteiger partial charge is 0.488 e. The smallest absolute Gasteiger partial charge is 0.414 e. The Kier molecular flexibility index (Phi) is 7.18. The van der Waals surface area contributed by atoms with Crippen molar-refractivity contribution in [3.05, 3.63) is 59.9 Å². The minimum Gasteiger partial charge on any atom is -0.488 e. The molecule has 2 aliphatic heterocycles. The summed E-state index contributed by atoms with van der Waals surface area (Å²) in [4.78, 5) is 26.9. The molecule has 2 fully saturated rings. The number of anilines is 1. The van der Waals surface area contributed by atoms with Crippen LogP contribution < -0.4 is 9.64 Å². The first-order chi connectivity index (χ1) is 16.4. The average molecular weight is 474 g/mol. The lowest BCUT2D eigenvalue weighted by atomic mass is 9.92. The van der Waals surface area contributed by atoms with Crippen LogP contribution in [0, 0.1) is 5.82 Å². The van der Waals surface area contributed by atoms with Crippen LogP contribution in [-0.2, 0) is 16.1 Å². The lowest BCUT2D eigenvalue weighted by Crippen LogP contribution is -2.49. The van der Waals surface area contributed by atoms with E-state index in [9.17, 15) is 19.1 Å². The molecule has 1 atom stereocenters. The van der Waals surface area contributed by atoms with Crippen LogP contribution in [0.1, 0.15) is 18.4 Å². The fourth-order valence-corrected chi connectivity index (χ4v) is 3.87. The highest BCUT2D eigenvalue weighted by Crippen LogP contribution is 2.29. The van der Waals surface area contributed by atoms with Gasteiger partial charge >= 0.3 is 12.2 Å². The van der Waals surface area contributed by atoms with E-state index in [4.69, 9.17) is 19.3 Å². The van der Waals surface area contributed by atoms with Crippen LogP contribution in [0.15, 0.2) is 48.5 Å². The second-order valence-corrected chi connectivity index (χ2v) is 8.45. The Balaban J connectivity index is 1.26. The van der Waals surface area contributed by atoms with Gasteiger partial charge in [0.1, 0.15) is 24.9 Å². The minimum atomic E-state index is -1.21. The highest BCUT2D eigenvalue weighted by Gasteiger charge is 2.36. The summed E-state index contributed by atoms with van der Waals surface area (Å²) in [6.45, 7) is 0.421. The summed E-state index contributed by atoms with van der Waals surface area (Å²) in [5, 5.41) is 20.0. The monoisotopic (exact) mass is 474 g/mol. The predicted octanol–water partition coefficient (Wildman–Crippen LogP) is 2.69. The van der Waals surface area contributed by atoms with Gasteiger partial charge in [0.25, 0.3) is 0 Å². The number of hydrogen-bond donors (Lipinski definition) is 2. The number of hydrogen-bond acceptors (Lipinski definition) is 7. The highest BCUT2D eigenvalue weighted by atomic mass is 19.1. The molecule has 1 unspecified atom stereocenters. The number of piperidine rings is 1. The molecule has 0 radical (unpaired) electrons.